The number of benzene rings is 3. The summed E-state index contributed by atoms with van der Waals surface area (Å²) in [7, 11) is -3.91. The summed E-state index contributed by atoms with van der Waals surface area (Å²) >= 11 is 0. The average Bonchev–Trinajstić information content (AvgIpc) is 3.13. The van der Waals surface area contributed by atoms with Gasteiger partial charge in [-0.3, -0.25) is 0 Å². The van der Waals surface area contributed by atoms with Gasteiger partial charge in [-0.05, 0) is 73.2 Å². The number of para-hydroxylation sites is 1. The van der Waals surface area contributed by atoms with Crippen molar-refractivity contribution in [2.75, 3.05) is 13.1 Å². The maximum atomic E-state index is 13.7. The van der Waals surface area contributed by atoms with E-state index in [9.17, 15) is 21.6 Å². The molecule has 0 spiro atoms. The van der Waals surface area contributed by atoms with E-state index >= 15 is 0 Å². The normalized spacial score (nSPS) is 15.7. The predicted molar refractivity (Wildman–Crippen MR) is 129 cm³/mol. The molecule has 0 bridgehead atoms. The fourth-order valence-electron chi connectivity index (χ4n) is 5.12. The maximum absolute atomic E-state index is 13.7. The zero-order chi connectivity index (χ0) is 24.7. The number of rotatable bonds is 5. The van der Waals surface area contributed by atoms with Crippen LogP contribution in [0.3, 0.4) is 0 Å². The number of halogens is 3. The molecular weight excluding hydrogens is 473 g/mol. The van der Waals surface area contributed by atoms with Gasteiger partial charge >= 0.3 is 0 Å². The van der Waals surface area contributed by atoms with Crippen molar-refractivity contribution >= 4 is 20.9 Å². The van der Waals surface area contributed by atoms with Gasteiger partial charge < -0.3 is 4.57 Å². The van der Waals surface area contributed by atoms with Crippen molar-refractivity contribution in [2.45, 2.75) is 37.1 Å². The van der Waals surface area contributed by atoms with E-state index in [4.69, 9.17) is 0 Å². The largest absolute Gasteiger partial charge is 0.340 e. The van der Waals surface area contributed by atoms with Gasteiger partial charge in [0.15, 0.2) is 11.6 Å². The van der Waals surface area contributed by atoms with E-state index in [0.29, 0.717) is 32.5 Å². The molecule has 4 aromatic rings. The first-order chi connectivity index (χ1) is 16.8. The fraction of sp³-hybridized carbons (Fsp3) is 0.259. The lowest BCUT2D eigenvalue weighted by molar-refractivity contribution is 0.319. The van der Waals surface area contributed by atoms with E-state index in [1.807, 2.05) is 12.1 Å². The summed E-state index contributed by atoms with van der Waals surface area (Å²) in [6, 6.07) is 17.3. The summed E-state index contributed by atoms with van der Waals surface area (Å²) in [5.41, 5.74) is 4.39. The molecule has 0 atom stereocenters. The zero-order valence-corrected chi connectivity index (χ0v) is 20.0. The van der Waals surface area contributed by atoms with Gasteiger partial charge in [-0.1, -0.05) is 30.3 Å². The Hall–Kier alpha value is -3.10. The molecule has 182 valence electrons. The van der Waals surface area contributed by atoms with Crippen LogP contribution >= 0.6 is 0 Å². The molecule has 5 rings (SSSR count). The fourth-order valence-corrected chi connectivity index (χ4v) is 6.60. The Kier molecular flexibility index (Phi) is 6.19. The first kappa shape index (κ1) is 23.6. The standard InChI is InChI=1S/C27H25F3N2O2S/c1-18-27(23-4-2-3-5-26(23)32(18)17-19-6-8-21(28)9-7-19)20-12-14-31(15-13-20)35(33,34)22-10-11-24(29)25(30)16-22/h2-11,16,20H,12-15,17H2,1H3. The Morgan fingerprint density at radius 2 is 1.57 bits per heavy atom. The maximum Gasteiger partial charge on any atom is 0.243 e. The first-order valence-corrected chi connectivity index (χ1v) is 13.0. The second kappa shape index (κ2) is 9.17. The molecule has 1 saturated heterocycles. The van der Waals surface area contributed by atoms with Crippen LogP contribution < -0.4 is 0 Å². The SMILES string of the molecule is Cc1c(C2CCN(S(=O)(=O)c3ccc(F)c(F)c3)CC2)c2ccccc2n1Cc1ccc(F)cc1. The van der Waals surface area contributed by atoms with Crippen molar-refractivity contribution < 1.29 is 21.6 Å². The number of hydrogen-bond donors (Lipinski definition) is 0. The molecule has 0 N–H and O–H groups in total. The minimum Gasteiger partial charge on any atom is -0.340 e. The molecule has 1 aliphatic rings. The quantitative estimate of drug-likeness (QED) is 0.340. The third kappa shape index (κ3) is 4.36. The van der Waals surface area contributed by atoms with Crippen molar-refractivity contribution in [1.82, 2.24) is 8.87 Å². The Bertz CT molecular complexity index is 1490. The third-order valence-corrected chi connectivity index (χ3v) is 8.82. The highest BCUT2D eigenvalue weighted by molar-refractivity contribution is 7.89. The molecule has 8 heteroatoms. The number of aromatic nitrogens is 1. The van der Waals surface area contributed by atoms with Crippen molar-refractivity contribution in [3.05, 3.63) is 101 Å². The van der Waals surface area contributed by atoms with Gasteiger partial charge in [0, 0.05) is 36.2 Å². The van der Waals surface area contributed by atoms with Gasteiger partial charge in [-0.15, -0.1) is 0 Å². The van der Waals surface area contributed by atoms with E-state index in [-0.39, 0.29) is 16.6 Å². The molecule has 1 aromatic heterocycles. The predicted octanol–water partition coefficient (Wildman–Crippen LogP) is 5.98. The Morgan fingerprint density at radius 1 is 0.886 bits per heavy atom. The summed E-state index contributed by atoms with van der Waals surface area (Å²) in [5, 5.41) is 1.13. The monoisotopic (exact) mass is 498 g/mol. The van der Waals surface area contributed by atoms with Crippen LogP contribution in [0.1, 0.15) is 35.6 Å². The van der Waals surface area contributed by atoms with Crippen LogP contribution in [0.2, 0.25) is 0 Å². The average molecular weight is 499 g/mol. The van der Waals surface area contributed by atoms with Gasteiger partial charge in [-0.25, -0.2) is 21.6 Å². The van der Waals surface area contributed by atoms with E-state index in [0.717, 1.165) is 40.4 Å². The molecule has 0 unspecified atom stereocenters. The molecule has 0 aliphatic carbocycles. The number of fused-ring (bicyclic) bond motifs is 1. The molecule has 3 aromatic carbocycles. The van der Waals surface area contributed by atoms with Crippen LogP contribution in [0, 0.1) is 24.4 Å². The summed E-state index contributed by atoms with van der Waals surface area (Å²) in [5.74, 6) is -2.36. The zero-order valence-electron chi connectivity index (χ0n) is 19.2. The summed E-state index contributed by atoms with van der Waals surface area (Å²) in [4.78, 5) is -0.234. The lowest BCUT2D eigenvalue weighted by Crippen LogP contribution is -2.38. The summed E-state index contributed by atoms with van der Waals surface area (Å²) in [6.45, 7) is 3.27. The van der Waals surface area contributed by atoms with Gasteiger partial charge in [0.25, 0.3) is 0 Å². The van der Waals surface area contributed by atoms with Crippen LogP contribution in [0.25, 0.3) is 10.9 Å². The molecule has 0 saturated carbocycles. The molecule has 4 nitrogen and oxygen atoms in total. The van der Waals surface area contributed by atoms with Crippen LogP contribution in [0.5, 0.6) is 0 Å². The lowest BCUT2D eigenvalue weighted by atomic mass is 9.88. The van der Waals surface area contributed by atoms with Crippen molar-refractivity contribution in [1.29, 1.82) is 0 Å². The molecule has 1 fully saturated rings. The first-order valence-electron chi connectivity index (χ1n) is 11.5. The van der Waals surface area contributed by atoms with Gasteiger partial charge in [-0.2, -0.15) is 4.31 Å². The van der Waals surface area contributed by atoms with Crippen molar-refractivity contribution in [3.8, 4) is 0 Å². The van der Waals surface area contributed by atoms with Crippen molar-refractivity contribution in [2.24, 2.45) is 0 Å². The Balaban J connectivity index is 1.41. The number of piperidine rings is 1. The van der Waals surface area contributed by atoms with Crippen molar-refractivity contribution in [3.63, 3.8) is 0 Å². The van der Waals surface area contributed by atoms with Gasteiger partial charge in [0.05, 0.1) is 4.90 Å². The molecule has 0 amide bonds. The smallest absolute Gasteiger partial charge is 0.243 e. The molecule has 0 radical (unpaired) electrons. The second-order valence-corrected chi connectivity index (χ2v) is 10.9. The third-order valence-electron chi connectivity index (χ3n) is 6.92. The molecule has 2 heterocycles. The van der Waals surface area contributed by atoms with Crippen LogP contribution in [0.15, 0.2) is 71.6 Å². The highest BCUT2D eigenvalue weighted by Crippen LogP contribution is 2.38. The second-order valence-electron chi connectivity index (χ2n) is 8.98. The number of sulfonamides is 1. The molecule has 1 aliphatic heterocycles. The van der Waals surface area contributed by atoms with Gasteiger partial charge in [0.1, 0.15) is 5.82 Å². The van der Waals surface area contributed by atoms with Crippen LogP contribution in [-0.2, 0) is 16.6 Å². The number of hydrogen-bond acceptors (Lipinski definition) is 2. The molecule has 35 heavy (non-hydrogen) atoms. The highest BCUT2D eigenvalue weighted by Gasteiger charge is 2.32. The summed E-state index contributed by atoms with van der Waals surface area (Å²) in [6.07, 6.45) is 1.24. The minimum atomic E-state index is -3.91. The highest BCUT2D eigenvalue weighted by atomic mass is 32.2. The minimum absolute atomic E-state index is 0.158. The van der Waals surface area contributed by atoms with E-state index in [1.54, 1.807) is 12.1 Å². The van der Waals surface area contributed by atoms with Gasteiger partial charge in [0.2, 0.25) is 10.0 Å². The number of nitrogens with zero attached hydrogens (tertiary/aromatic N) is 2. The van der Waals surface area contributed by atoms with E-state index in [1.165, 1.54) is 22.0 Å². The lowest BCUT2D eigenvalue weighted by Gasteiger charge is -2.31. The Labute approximate surface area is 202 Å². The Morgan fingerprint density at radius 3 is 2.26 bits per heavy atom. The molecular formula is C27H25F3N2O2S. The van der Waals surface area contributed by atoms with Crippen LogP contribution in [-0.4, -0.2) is 30.4 Å². The van der Waals surface area contributed by atoms with E-state index in [2.05, 4.69) is 23.6 Å². The van der Waals surface area contributed by atoms with E-state index < -0.39 is 21.7 Å². The van der Waals surface area contributed by atoms with Crippen LogP contribution in [0.4, 0.5) is 13.2 Å². The summed E-state index contributed by atoms with van der Waals surface area (Å²) < 4.78 is 69.9. The topological polar surface area (TPSA) is 42.3 Å².